The zero-order valence-corrected chi connectivity index (χ0v) is 20.2. The fourth-order valence-corrected chi connectivity index (χ4v) is 5.37. The van der Waals surface area contributed by atoms with Gasteiger partial charge in [-0.1, -0.05) is 23.7 Å². The van der Waals surface area contributed by atoms with Crippen LogP contribution in [0.4, 0.5) is 4.39 Å². The Morgan fingerprint density at radius 2 is 1.62 bits per heavy atom. The Bertz CT molecular complexity index is 1320. The summed E-state index contributed by atoms with van der Waals surface area (Å²) in [4.78, 5) is 0.0265. The zero-order valence-electron chi connectivity index (χ0n) is 18.7. The molecule has 1 unspecified atom stereocenters. The molecule has 0 saturated carbocycles. The van der Waals surface area contributed by atoms with Gasteiger partial charge in [-0.05, 0) is 54.1 Å². The highest BCUT2D eigenvalue weighted by molar-refractivity contribution is 7.89. The fourth-order valence-electron chi connectivity index (χ4n) is 3.81. The van der Waals surface area contributed by atoms with E-state index in [9.17, 15) is 12.8 Å². The van der Waals surface area contributed by atoms with Gasteiger partial charge in [0.05, 0.1) is 38.0 Å². The third kappa shape index (κ3) is 4.41. The van der Waals surface area contributed by atoms with Crippen molar-refractivity contribution >= 4 is 27.3 Å². The number of ether oxygens (including phenoxy) is 3. The predicted octanol–water partition coefficient (Wildman–Crippen LogP) is 5.04. The summed E-state index contributed by atoms with van der Waals surface area (Å²) >= 11 is 5.95. The highest BCUT2D eigenvalue weighted by Gasteiger charge is 2.38. The number of rotatable bonds is 7. The molecule has 3 aromatic rings. The van der Waals surface area contributed by atoms with Crippen LogP contribution in [0.3, 0.4) is 0 Å². The van der Waals surface area contributed by atoms with Gasteiger partial charge in [0.15, 0.2) is 11.5 Å². The van der Waals surface area contributed by atoms with Crippen molar-refractivity contribution in [2.75, 3.05) is 21.3 Å². The second-order valence-corrected chi connectivity index (χ2v) is 9.70. The Hall–Kier alpha value is -3.30. The first-order valence-corrected chi connectivity index (χ1v) is 12.0. The van der Waals surface area contributed by atoms with Crippen molar-refractivity contribution < 1.29 is 27.0 Å². The number of hydrazone groups is 1. The first-order valence-electron chi connectivity index (χ1n) is 10.2. The van der Waals surface area contributed by atoms with Gasteiger partial charge < -0.3 is 14.2 Å². The lowest BCUT2D eigenvalue weighted by Gasteiger charge is -2.25. The minimum atomic E-state index is -4.08. The average Bonchev–Trinajstić information content (AvgIpc) is 3.30. The van der Waals surface area contributed by atoms with Crippen LogP contribution in [0.15, 0.2) is 70.7 Å². The third-order valence-corrected chi connectivity index (χ3v) is 7.41. The van der Waals surface area contributed by atoms with E-state index in [2.05, 4.69) is 5.10 Å². The molecule has 0 aromatic heterocycles. The van der Waals surface area contributed by atoms with Crippen molar-refractivity contribution in [1.29, 1.82) is 0 Å². The van der Waals surface area contributed by atoms with Gasteiger partial charge in [0.1, 0.15) is 5.82 Å². The maximum atomic E-state index is 13.9. The Kier molecular flexibility index (Phi) is 6.67. The van der Waals surface area contributed by atoms with E-state index in [0.29, 0.717) is 39.1 Å². The Labute approximate surface area is 202 Å². The van der Waals surface area contributed by atoms with Crippen molar-refractivity contribution in [3.05, 3.63) is 82.6 Å². The largest absolute Gasteiger partial charge is 0.493 e. The van der Waals surface area contributed by atoms with E-state index in [1.807, 2.05) is 0 Å². The summed E-state index contributed by atoms with van der Waals surface area (Å²) in [7, 11) is 0.364. The van der Waals surface area contributed by atoms with Crippen LogP contribution in [0.25, 0.3) is 0 Å². The van der Waals surface area contributed by atoms with E-state index < -0.39 is 21.9 Å². The summed E-state index contributed by atoms with van der Waals surface area (Å²) in [5.74, 6) is 0.688. The van der Waals surface area contributed by atoms with Crippen LogP contribution in [0.2, 0.25) is 5.02 Å². The van der Waals surface area contributed by atoms with Gasteiger partial charge in [-0.15, -0.1) is 0 Å². The first kappa shape index (κ1) is 23.8. The van der Waals surface area contributed by atoms with Crippen molar-refractivity contribution in [1.82, 2.24) is 4.41 Å². The third-order valence-electron chi connectivity index (χ3n) is 5.46. The molecule has 0 fully saturated rings. The number of sulfonamides is 1. The molecular weight excluding hydrogens is 483 g/mol. The summed E-state index contributed by atoms with van der Waals surface area (Å²) in [6.07, 6.45) is 0.203. The maximum absolute atomic E-state index is 13.9. The van der Waals surface area contributed by atoms with Crippen LogP contribution in [-0.2, 0) is 10.0 Å². The van der Waals surface area contributed by atoms with Crippen LogP contribution in [-0.4, -0.2) is 39.9 Å². The van der Waals surface area contributed by atoms with E-state index in [-0.39, 0.29) is 11.3 Å². The van der Waals surface area contributed by atoms with Gasteiger partial charge >= 0.3 is 0 Å². The SMILES string of the molecule is COc1cc(C2CC(c3cccc(F)c3)=NN2S(=O)(=O)c2ccc(Cl)cc2)cc(OC)c1OC. The molecule has 0 amide bonds. The number of hydrogen-bond donors (Lipinski definition) is 0. The van der Waals surface area contributed by atoms with Crippen molar-refractivity contribution in [2.24, 2.45) is 5.10 Å². The lowest BCUT2D eigenvalue weighted by atomic mass is 9.98. The highest BCUT2D eigenvalue weighted by atomic mass is 35.5. The van der Waals surface area contributed by atoms with Crippen LogP contribution in [0.1, 0.15) is 23.6 Å². The van der Waals surface area contributed by atoms with Gasteiger partial charge in [0, 0.05) is 17.0 Å². The molecule has 1 atom stereocenters. The summed E-state index contributed by atoms with van der Waals surface area (Å²) in [6.45, 7) is 0. The molecule has 0 bridgehead atoms. The predicted molar refractivity (Wildman–Crippen MR) is 127 cm³/mol. The minimum absolute atomic E-state index is 0.0265. The zero-order chi connectivity index (χ0) is 24.5. The fraction of sp³-hybridized carbons (Fsp3) is 0.208. The Morgan fingerprint density at radius 3 is 2.18 bits per heavy atom. The van der Waals surface area contributed by atoms with Crippen LogP contribution in [0.5, 0.6) is 17.2 Å². The van der Waals surface area contributed by atoms with E-state index in [1.54, 1.807) is 24.3 Å². The molecule has 0 spiro atoms. The van der Waals surface area contributed by atoms with Gasteiger partial charge in [0.2, 0.25) is 5.75 Å². The van der Waals surface area contributed by atoms with Crippen molar-refractivity contribution in [2.45, 2.75) is 17.4 Å². The second kappa shape index (κ2) is 9.52. The number of hydrogen-bond acceptors (Lipinski definition) is 6. The molecule has 0 saturated heterocycles. The molecule has 34 heavy (non-hydrogen) atoms. The normalized spacial score (nSPS) is 15.7. The van der Waals surface area contributed by atoms with Crippen molar-refractivity contribution in [3.8, 4) is 17.2 Å². The topological polar surface area (TPSA) is 77.4 Å². The quantitative estimate of drug-likeness (QED) is 0.450. The summed E-state index contributed by atoms with van der Waals surface area (Å²) in [5.41, 5.74) is 1.49. The molecule has 0 aliphatic carbocycles. The monoisotopic (exact) mass is 504 g/mol. The van der Waals surface area contributed by atoms with Gasteiger partial charge in [-0.2, -0.15) is 17.9 Å². The van der Waals surface area contributed by atoms with Gasteiger partial charge in [0.25, 0.3) is 10.0 Å². The molecule has 1 heterocycles. The van der Waals surface area contributed by atoms with Crippen LogP contribution < -0.4 is 14.2 Å². The molecular formula is C24H22ClFN2O5S. The van der Waals surface area contributed by atoms with E-state index in [1.165, 1.54) is 57.7 Å². The summed E-state index contributed by atoms with van der Waals surface area (Å²) < 4.78 is 58.5. The molecule has 1 aliphatic heterocycles. The molecule has 0 radical (unpaired) electrons. The number of methoxy groups -OCH3 is 3. The van der Waals surface area contributed by atoms with E-state index >= 15 is 0 Å². The van der Waals surface area contributed by atoms with Crippen LogP contribution in [0, 0.1) is 5.82 Å². The number of nitrogens with zero attached hydrogens (tertiary/aromatic N) is 2. The van der Waals surface area contributed by atoms with Crippen LogP contribution >= 0.6 is 11.6 Å². The summed E-state index contributed by atoms with van der Waals surface area (Å²) in [6, 6.07) is 14.3. The molecule has 0 N–H and O–H groups in total. The molecule has 3 aromatic carbocycles. The number of benzene rings is 3. The standard InChI is InChI=1S/C24H22ClFN2O5S/c1-31-22-12-16(13-23(32-2)24(22)33-3)21-14-20(15-5-4-6-18(26)11-15)27-28(21)34(29,30)19-9-7-17(25)8-10-19/h4-13,21H,14H2,1-3H3. The maximum Gasteiger partial charge on any atom is 0.279 e. The highest BCUT2D eigenvalue weighted by Crippen LogP contribution is 2.44. The lowest BCUT2D eigenvalue weighted by Crippen LogP contribution is -2.27. The molecule has 178 valence electrons. The first-order chi connectivity index (χ1) is 16.3. The average molecular weight is 505 g/mol. The van der Waals surface area contributed by atoms with Gasteiger partial charge in [-0.25, -0.2) is 4.39 Å². The van der Waals surface area contributed by atoms with Gasteiger partial charge in [-0.3, -0.25) is 0 Å². The Morgan fingerprint density at radius 1 is 0.971 bits per heavy atom. The Balaban J connectivity index is 1.86. The minimum Gasteiger partial charge on any atom is -0.493 e. The van der Waals surface area contributed by atoms with Crippen molar-refractivity contribution in [3.63, 3.8) is 0 Å². The number of halogens is 2. The lowest BCUT2D eigenvalue weighted by molar-refractivity contribution is 0.319. The molecule has 10 heteroatoms. The molecule has 4 rings (SSSR count). The second-order valence-electron chi connectivity index (χ2n) is 7.47. The van der Waals surface area contributed by atoms with E-state index in [0.717, 1.165) is 4.41 Å². The molecule has 7 nitrogen and oxygen atoms in total. The van der Waals surface area contributed by atoms with E-state index in [4.69, 9.17) is 25.8 Å². The molecule has 1 aliphatic rings. The smallest absolute Gasteiger partial charge is 0.279 e. The summed E-state index contributed by atoms with van der Waals surface area (Å²) in [5, 5.41) is 4.84.